The Bertz CT molecular complexity index is 484. The summed E-state index contributed by atoms with van der Waals surface area (Å²) in [5.41, 5.74) is 0.747. The number of benzene rings is 1. The fourth-order valence-electron chi connectivity index (χ4n) is 1.67. The first-order chi connectivity index (χ1) is 8.24. The minimum absolute atomic E-state index is 0.223. The minimum atomic E-state index is -0.867. The summed E-state index contributed by atoms with van der Waals surface area (Å²) in [5, 5.41) is 13.1. The number of halogens is 2. The van der Waals surface area contributed by atoms with Crippen LogP contribution in [0.4, 0.5) is 8.78 Å². The summed E-state index contributed by atoms with van der Waals surface area (Å²) in [7, 11) is 0. The normalized spacial score (nSPS) is 12.6. The molecule has 0 radical (unpaired) electrons. The topological polar surface area (TPSA) is 53.6 Å². The fraction of sp³-hybridized carbons (Fsp3) is 0.273. The smallest absolute Gasteiger partial charge is 0.163 e. The summed E-state index contributed by atoms with van der Waals surface area (Å²) in [6.07, 6.45) is 1.48. The predicted octanol–water partition coefficient (Wildman–Crippen LogP) is 1.78. The molecule has 0 aliphatic rings. The van der Waals surface area contributed by atoms with Gasteiger partial charge < -0.3 is 5.32 Å². The van der Waals surface area contributed by atoms with Crippen LogP contribution in [0.1, 0.15) is 24.2 Å². The van der Waals surface area contributed by atoms with Crippen molar-refractivity contribution in [1.29, 1.82) is 0 Å². The molecule has 0 saturated carbocycles. The lowest BCUT2D eigenvalue weighted by Crippen LogP contribution is -2.23. The maximum Gasteiger partial charge on any atom is 0.163 e. The van der Waals surface area contributed by atoms with E-state index in [0.29, 0.717) is 12.2 Å². The van der Waals surface area contributed by atoms with Crippen molar-refractivity contribution in [2.24, 2.45) is 0 Å². The lowest BCUT2D eigenvalue weighted by Gasteiger charge is -2.16. The van der Waals surface area contributed by atoms with Crippen LogP contribution in [-0.4, -0.2) is 22.0 Å². The zero-order valence-electron chi connectivity index (χ0n) is 9.24. The second-order valence-electron chi connectivity index (χ2n) is 3.53. The molecule has 0 fully saturated rings. The molecule has 1 heterocycles. The van der Waals surface area contributed by atoms with Crippen LogP contribution in [0, 0.1) is 11.6 Å². The summed E-state index contributed by atoms with van der Waals surface area (Å²) in [4.78, 5) is 0. The highest BCUT2D eigenvalue weighted by Crippen LogP contribution is 2.23. The van der Waals surface area contributed by atoms with Gasteiger partial charge in [0.25, 0.3) is 0 Å². The van der Waals surface area contributed by atoms with Gasteiger partial charge in [0, 0.05) is 5.56 Å². The molecule has 4 nitrogen and oxygen atoms in total. The molecule has 1 atom stereocenters. The molecule has 0 bridgehead atoms. The molecular formula is C11H12F2N4. The lowest BCUT2D eigenvalue weighted by molar-refractivity contribution is 0.481. The van der Waals surface area contributed by atoms with Crippen molar-refractivity contribution in [3.63, 3.8) is 0 Å². The van der Waals surface area contributed by atoms with Gasteiger partial charge in [-0.1, -0.05) is 19.1 Å². The molecule has 0 spiro atoms. The van der Waals surface area contributed by atoms with Gasteiger partial charge >= 0.3 is 0 Å². The van der Waals surface area contributed by atoms with Crippen LogP contribution in [0.25, 0.3) is 0 Å². The van der Waals surface area contributed by atoms with Gasteiger partial charge in [0.15, 0.2) is 11.6 Å². The monoisotopic (exact) mass is 238 g/mol. The fourth-order valence-corrected chi connectivity index (χ4v) is 1.67. The molecule has 17 heavy (non-hydrogen) atoms. The largest absolute Gasteiger partial charge is 0.305 e. The first kappa shape index (κ1) is 11.7. The summed E-state index contributed by atoms with van der Waals surface area (Å²) in [6.45, 7) is 2.48. The molecule has 0 aliphatic heterocycles. The van der Waals surface area contributed by atoms with Crippen LogP contribution in [0.5, 0.6) is 0 Å². The summed E-state index contributed by atoms with van der Waals surface area (Å²) < 4.78 is 26.9. The number of rotatable bonds is 4. The minimum Gasteiger partial charge on any atom is -0.305 e. The van der Waals surface area contributed by atoms with Gasteiger partial charge in [-0.3, -0.25) is 0 Å². The number of hydrogen-bond donors (Lipinski definition) is 2. The van der Waals surface area contributed by atoms with Gasteiger partial charge in [-0.15, -0.1) is 0 Å². The standard InChI is InChI=1S/C11H12F2N4/c1-2-14-11(9-6-15-17-16-9)7-4-3-5-8(12)10(7)13/h3-6,11,14H,2H2,1H3,(H,15,16,17). The second kappa shape index (κ2) is 5.01. The third-order valence-corrected chi connectivity index (χ3v) is 2.43. The quantitative estimate of drug-likeness (QED) is 0.853. The molecule has 2 N–H and O–H groups in total. The maximum atomic E-state index is 13.7. The first-order valence-corrected chi connectivity index (χ1v) is 5.27. The molecule has 0 aliphatic carbocycles. The van der Waals surface area contributed by atoms with E-state index in [9.17, 15) is 8.78 Å². The van der Waals surface area contributed by atoms with Crippen LogP contribution in [0.2, 0.25) is 0 Å². The third kappa shape index (κ3) is 2.31. The molecule has 1 aromatic heterocycles. The van der Waals surface area contributed by atoms with Gasteiger partial charge in [0.2, 0.25) is 0 Å². The Labute approximate surface area is 97.0 Å². The van der Waals surface area contributed by atoms with Crippen molar-refractivity contribution in [1.82, 2.24) is 20.7 Å². The van der Waals surface area contributed by atoms with E-state index in [4.69, 9.17) is 0 Å². The number of H-pyrrole nitrogens is 1. The van der Waals surface area contributed by atoms with Crippen LogP contribution in [-0.2, 0) is 0 Å². The predicted molar refractivity (Wildman–Crippen MR) is 58.3 cm³/mol. The number of aromatic nitrogens is 3. The second-order valence-corrected chi connectivity index (χ2v) is 3.53. The average molecular weight is 238 g/mol. The van der Waals surface area contributed by atoms with Gasteiger partial charge in [-0.25, -0.2) is 8.78 Å². The maximum absolute atomic E-state index is 13.7. The Balaban J connectivity index is 2.43. The molecule has 2 rings (SSSR count). The van der Waals surface area contributed by atoms with Crippen LogP contribution < -0.4 is 5.32 Å². The molecule has 1 unspecified atom stereocenters. The van der Waals surface area contributed by atoms with E-state index in [2.05, 4.69) is 20.7 Å². The van der Waals surface area contributed by atoms with Crippen molar-refractivity contribution in [3.05, 3.63) is 47.3 Å². The van der Waals surface area contributed by atoms with Crippen molar-refractivity contribution >= 4 is 0 Å². The Morgan fingerprint density at radius 1 is 1.41 bits per heavy atom. The average Bonchev–Trinajstić information content (AvgIpc) is 2.84. The zero-order valence-corrected chi connectivity index (χ0v) is 9.24. The van der Waals surface area contributed by atoms with E-state index in [-0.39, 0.29) is 5.56 Å². The van der Waals surface area contributed by atoms with Crippen LogP contribution in [0.3, 0.4) is 0 Å². The van der Waals surface area contributed by atoms with Gasteiger partial charge in [0.1, 0.15) is 5.69 Å². The summed E-state index contributed by atoms with van der Waals surface area (Å²) >= 11 is 0. The van der Waals surface area contributed by atoms with E-state index in [0.717, 1.165) is 6.07 Å². The third-order valence-electron chi connectivity index (χ3n) is 2.43. The first-order valence-electron chi connectivity index (χ1n) is 5.27. The van der Waals surface area contributed by atoms with E-state index in [1.165, 1.54) is 18.3 Å². The van der Waals surface area contributed by atoms with Gasteiger partial charge in [-0.2, -0.15) is 15.4 Å². The Hall–Kier alpha value is -1.82. The molecule has 6 heteroatoms. The van der Waals surface area contributed by atoms with Crippen molar-refractivity contribution in [2.45, 2.75) is 13.0 Å². The van der Waals surface area contributed by atoms with E-state index < -0.39 is 17.7 Å². The van der Waals surface area contributed by atoms with Crippen LogP contribution in [0.15, 0.2) is 24.4 Å². The molecule has 0 saturated heterocycles. The molecule has 2 aromatic rings. The highest BCUT2D eigenvalue weighted by atomic mass is 19.2. The number of hydrogen-bond acceptors (Lipinski definition) is 3. The number of nitrogens with one attached hydrogen (secondary N) is 2. The Kier molecular flexibility index (Phi) is 3.43. The van der Waals surface area contributed by atoms with E-state index >= 15 is 0 Å². The molecule has 90 valence electrons. The van der Waals surface area contributed by atoms with Gasteiger partial charge in [-0.05, 0) is 12.6 Å². The highest BCUT2D eigenvalue weighted by molar-refractivity contribution is 5.28. The lowest BCUT2D eigenvalue weighted by atomic mass is 10.0. The van der Waals surface area contributed by atoms with Crippen molar-refractivity contribution in [2.75, 3.05) is 6.54 Å². The SMILES string of the molecule is CCNC(c1cn[nH]n1)c1cccc(F)c1F. The molecule has 0 amide bonds. The van der Waals surface area contributed by atoms with Crippen molar-refractivity contribution in [3.8, 4) is 0 Å². The highest BCUT2D eigenvalue weighted by Gasteiger charge is 2.21. The van der Waals surface area contributed by atoms with Gasteiger partial charge in [0.05, 0.1) is 12.2 Å². The number of nitrogens with zero attached hydrogens (tertiary/aromatic N) is 2. The van der Waals surface area contributed by atoms with E-state index in [1.807, 2.05) is 6.92 Å². The summed E-state index contributed by atoms with van der Waals surface area (Å²) in [6, 6.07) is 3.58. The Morgan fingerprint density at radius 3 is 2.88 bits per heavy atom. The van der Waals surface area contributed by atoms with Crippen molar-refractivity contribution < 1.29 is 8.78 Å². The van der Waals surface area contributed by atoms with E-state index in [1.54, 1.807) is 0 Å². The summed E-state index contributed by atoms with van der Waals surface area (Å²) in [5.74, 6) is -1.73. The zero-order chi connectivity index (χ0) is 12.3. The Morgan fingerprint density at radius 2 is 2.24 bits per heavy atom. The molecule has 1 aromatic carbocycles. The van der Waals surface area contributed by atoms with Crippen LogP contribution >= 0.6 is 0 Å². The number of aromatic amines is 1. The molecular weight excluding hydrogens is 226 g/mol.